The summed E-state index contributed by atoms with van der Waals surface area (Å²) in [5.74, 6) is 0.168. The van der Waals surface area contributed by atoms with E-state index in [1.54, 1.807) is 26.0 Å². The highest BCUT2D eigenvalue weighted by Gasteiger charge is 2.19. The van der Waals surface area contributed by atoms with E-state index < -0.39 is 5.97 Å². The molecule has 6 nitrogen and oxygen atoms in total. The Morgan fingerprint density at radius 2 is 2.11 bits per heavy atom. The molecule has 3 heterocycles. The van der Waals surface area contributed by atoms with Crippen LogP contribution < -0.4 is 0 Å². The molecule has 0 amide bonds. The van der Waals surface area contributed by atoms with Gasteiger partial charge in [-0.1, -0.05) is 5.16 Å². The molecule has 3 rings (SSSR count). The molecule has 3 aromatic heterocycles. The number of furan rings is 1. The van der Waals surface area contributed by atoms with E-state index in [4.69, 9.17) is 8.94 Å². The topological polar surface area (TPSA) is 89.4 Å². The molecule has 1 N–H and O–H groups in total. The van der Waals surface area contributed by atoms with Crippen LogP contribution in [0.2, 0.25) is 0 Å². The summed E-state index contributed by atoms with van der Waals surface area (Å²) in [6.07, 6.45) is 0. The summed E-state index contributed by atoms with van der Waals surface area (Å²) in [4.78, 5) is 15.6. The Kier molecular flexibility index (Phi) is 2.38. The van der Waals surface area contributed by atoms with Crippen LogP contribution >= 0.6 is 0 Å². The van der Waals surface area contributed by atoms with Crippen molar-refractivity contribution in [3.8, 4) is 11.5 Å². The predicted molar refractivity (Wildman–Crippen MR) is 65.9 cm³/mol. The lowest BCUT2D eigenvalue weighted by Crippen LogP contribution is -1.99. The van der Waals surface area contributed by atoms with Crippen molar-refractivity contribution in [2.75, 3.05) is 0 Å². The summed E-state index contributed by atoms with van der Waals surface area (Å²) < 4.78 is 10.5. The molecule has 0 aromatic carbocycles. The Balaban J connectivity index is 2.31. The Bertz CT molecular complexity index is 785. The number of carbonyl (C=O) groups is 1. The smallest absolute Gasteiger partial charge is 0.336 e. The summed E-state index contributed by atoms with van der Waals surface area (Å²) >= 11 is 0. The molecule has 0 aliphatic heterocycles. The first-order valence-corrected chi connectivity index (χ1v) is 5.63. The third-order valence-corrected chi connectivity index (χ3v) is 2.84. The molecule has 6 heteroatoms. The van der Waals surface area contributed by atoms with Crippen LogP contribution in [0.4, 0.5) is 0 Å². The SMILES string of the molecule is Cc1ccc(-c2cc(C(=O)O)c3c(C)noc3n2)o1. The Hall–Kier alpha value is -2.63. The van der Waals surface area contributed by atoms with Crippen LogP contribution in [0, 0.1) is 13.8 Å². The standard InChI is InChI=1S/C13H10N2O4/c1-6-3-4-10(18-6)9-5-8(13(16)17)11-7(2)15-19-12(11)14-9/h3-5H,1-2H3,(H,16,17). The van der Waals surface area contributed by atoms with Crippen LogP contribution in [-0.2, 0) is 0 Å². The van der Waals surface area contributed by atoms with Gasteiger partial charge in [0.2, 0.25) is 0 Å². The number of aromatic nitrogens is 2. The van der Waals surface area contributed by atoms with Crippen molar-refractivity contribution in [2.45, 2.75) is 13.8 Å². The zero-order valence-electron chi connectivity index (χ0n) is 10.3. The molecule has 0 fully saturated rings. The summed E-state index contributed by atoms with van der Waals surface area (Å²) in [6.45, 7) is 3.48. The molecule has 96 valence electrons. The maximum absolute atomic E-state index is 11.3. The molecule has 0 unspecified atom stereocenters. The van der Waals surface area contributed by atoms with Crippen LogP contribution in [0.3, 0.4) is 0 Å². The van der Waals surface area contributed by atoms with Crippen molar-refractivity contribution in [3.05, 3.63) is 35.2 Å². The number of carboxylic acids is 1. The van der Waals surface area contributed by atoms with E-state index in [1.807, 2.05) is 0 Å². The highest BCUT2D eigenvalue weighted by molar-refractivity contribution is 6.03. The maximum atomic E-state index is 11.3. The van der Waals surface area contributed by atoms with Crippen LogP contribution in [0.5, 0.6) is 0 Å². The van der Waals surface area contributed by atoms with Gasteiger partial charge in [0.1, 0.15) is 11.5 Å². The molecule has 0 radical (unpaired) electrons. The summed E-state index contributed by atoms with van der Waals surface area (Å²) in [7, 11) is 0. The van der Waals surface area contributed by atoms with Crippen molar-refractivity contribution >= 4 is 17.1 Å². The fourth-order valence-electron chi connectivity index (χ4n) is 1.96. The first-order chi connectivity index (χ1) is 9.06. The first-order valence-electron chi connectivity index (χ1n) is 5.63. The average molecular weight is 258 g/mol. The molecule has 0 saturated heterocycles. The number of nitrogens with zero attached hydrogens (tertiary/aromatic N) is 2. The van der Waals surface area contributed by atoms with Gasteiger partial charge in [0, 0.05) is 0 Å². The van der Waals surface area contributed by atoms with Gasteiger partial charge in [0.25, 0.3) is 5.71 Å². The number of hydrogen-bond donors (Lipinski definition) is 1. The first kappa shape index (κ1) is 11.5. The minimum absolute atomic E-state index is 0.104. The van der Waals surface area contributed by atoms with Crippen LogP contribution in [-0.4, -0.2) is 21.2 Å². The van der Waals surface area contributed by atoms with Gasteiger partial charge in [0.15, 0.2) is 5.76 Å². The number of fused-ring (bicyclic) bond motifs is 1. The molecule has 0 spiro atoms. The number of pyridine rings is 1. The van der Waals surface area contributed by atoms with Gasteiger partial charge >= 0.3 is 5.97 Å². The second-order valence-corrected chi connectivity index (χ2v) is 4.22. The summed E-state index contributed by atoms with van der Waals surface area (Å²) in [5.41, 5.74) is 1.21. The molecule has 0 bridgehead atoms. The predicted octanol–water partition coefficient (Wildman–Crippen LogP) is 2.80. The lowest BCUT2D eigenvalue weighted by molar-refractivity contribution is 0.0699. The Morgan fingerprint density at radius 1 is 1.32 bits per heavy atom. The van der Waals surface area contributed by atoms with Crippen molar-refractivity contribution in [3.63, 3.8) is 0 Å². The van der Waals surface area contributed by atoms with E-state index in [0.717, 1.165) is 5.76 Å². The van der Waals surface area contributed by atoms with Gasteiger partial charge in [0.05, 0.1) is 16.6 Å². The van der Waals surface area contributed by atoms with Gasteiger partial charge in [-0.2, -0.15) is 0 Å². The Morgan fingerprint density at radius 3 is 2.74 bits per heavy atom. The lowest BCUT2D eigenvalue weighted by atomic mass is 10.1. The number of aromatic carboxylic acids is 1. The monoisotopic (exact) mass is 258 g/mol. The van der Waals surface area contributed by atoms with Gasteiger partial charge in [-0.05, 0) is 32.0 Å². The van der Waals surface area contributed by atoms with Gasteiger partial charge in [-0.15, -0.1) is 0 Å². The number of rotatable bonds is 2. The zero-order chi connectivity index (χ0) is 13.6. The molecule has 0 atom stereocenters. The van der Waals surface area contributed by atoms with Crippen LogP contribution in [0.25, 0.3) is 22.6 Å². The van der Waals surface area contributed by atoms with E-state index in [1.165, 1.54) is 6.07 Å². The highest BCUT2D eigenvalue weighted by Crippen LogP contribution is 2.27. The molecule has 19 heavy (non-hydrogen) atoms. The molecule has 0 aliphatic rings. The average Bonchev–Trinajstić information content (AvgIpc) is 2.95. The number of hydrogen-bond acceptors (Lipinski definition) is 5. The lowest BCUT2D eigenvalue weighted by Gasteiger charge is -2.00. The third-order valence-electron chi connectivity index (χ3n) is 2.84. The van der Waals surface area contributed by atoms with Crippen LogP contribution in [0.15, 0.2) is 27.1 Å². The highest BCUT2D eigenvalue weighted by atomic mass is 16.5. The van der Waals surface area contributed by atoms with Gasteiger partial charge < -0.3 is 14.0 Å². The maximum Gasteiger partial charge on any atom is 0.336 e. The van der Waals surface area contributed by atoms with E-state index >= 15 is 0 Å². The number of carboxylic acid groups (broad SMARTS) is 1. The Labute approximate surface area is 107 Å². The van der Waals surface area contributed by atoms with Gasteiger partial charge in [-0.25, -0.2) is 9.78 Å². The fourth-order valence-corrected chi connectivity index (χ4v) is 1.96. The van der Waals surface area contributed by atoms with Crippen molar-refractivity contribution < 1.29 is 18.8 Å². The normalized spacial score (nSPS) is 11.1. The minimum atomic E-state index is -1.05. The molecular weight excluding hydrogens is 248 g/mol. The van der Waals surface area contributed by atoms with E-state index in [0.29, 0.717) is 22.5 Å². The minimum Gasteiger partial charge on any atom is -0.478 e. The number of aryl methyl sites for hydroxylation is 2. The quantitative estimate of drug-likeness (QED) is 0.760. The molecule has 0 aliphatic carbocycles. The second-order valence-electron chi connectivity index (χ2n) is 4.22. The third kappa shape index (κ3) is 1.77. The van der Waals surface area contributed by atoms with E-state index in [2.05, 4.69) is 10.1 Å². The van der Waals surface area contributed by atoms with Crippen molar-refractivity contribution in [2.24, 2.45) is 0 Å². The fraction of sp³-hybridized carbons (Fsp3) is 0.154. The zero-order valence-corrected chi connectivity index (χ0v) is 10.3. The van der Waals surface area contributed by atoms with Crippen molar-refractivity contribution in [1.29, 1.82) is 0 Å². The largest absolute Gasteiger partial charge is 0.478 e. The van der Waals surface area contributed by atoms with Crippen molar-refractivity contribution in [1.82, 2.24) is 10.1 Å². The van der Waals surface area contributed by atoms with E-state index in [9.17, 15) is 9.90 Å². The second kappa shape index (κ2) is 3.94. The van der Waals surface area contributed by atoms with E-state index in [-0.39, 0.29) is 11.3 Å². The molecular formula is C13H10N2O4. The van der Waals surface area contributed by atoms with Gasteiger partial charge in [-0.3, -0.25) is 0 Å². The summed E-state index contributed by atoms with van der Waals surface area (Å²) in [6, 6.07) is 4.98. The van der Waals surface area contributed by atoms with Crippen LogP contribution in [0.1, 0.15) is 21.8 Å². The molecule has 3 aromatic rings. The summed E-state index contributed by atoms with van der Waals surface area (Å²) in [5, 5.41) is 13.4. The molecule has 0 saturated carbocycles.